The van der Waals surface area contributed by atoms with Gasteiger partial charge in [0.1, 0.15) is 0 Å². The van der Waals surface area contributed by atoms with Crippen molar-refractivity contribution >= 4 is 0 Å². The van der Waals surface area contributed by atoms with Gasteiger partial charge in [-0.25, -0.2) is 0 Å². The van der Waals surface area contributed by atoms with Crippen LogP contribution in [0.25, 0.3) is 0 Å². The van der Waals surface area contributed by atoms with Gasteiger partial charge in [-0.3, -0.25) is 0 Å². The molecule has 0 bridgehead atoms. The molecule has 0 N–H and O–H groups in total. The highest BCUT2D eigenvalue weighted by molar-refractivity contribution is 5.37. The number of rotatable bonds is 5. The second-order valence-corrected chi connectivity index (χ2v) is 8.98. The van der Waals surface area contributed by atoms with Crippen LogP contribution in [0.15, 0.2) is 78.2 Å². The fourth-order valence-corrected chi connectivity index (χ4v) is 4.72. The molecule has 0 amide bonds. The first-order chi connectivity index (χ1) is 12.8. The van der Waals surface area contributed by atoms with Crippen LogP contribution in [0.2, 0.25) is 0 Å². The van der Waals surface area contributed by atoms with Crippen molar-refractivity contribution in [3.63, 3.8) is 0 Å². The fraction of sp³-hybridized carbons (Fsp3) is 0.440. The zero-order chi connectivity index (χ0) is 19.7. The average Bonchev–Trinajstić information content (AvgIpc) is 2.63. The number of hydrogen-bond donors (Lipinski definition) is 0. The molecule has 0 aromatic heterocycles. The van der Waals surface area contributed by atoms with Gasteiger partial charge in [0.15, 0.2) is 0 Å². The lowest BCUT2D eigenvalue weighted by atomic mass is 9.56. The number of likely N-dealkylation sites (N-methyl/N-ethyl adjacent to an activating group) is 2. The molecule has 0 fully saturated rings. The third kappa shape index (κ3) is 3.90. The molecule has 1 aromatic carbocycles. The highest BCUT2D eigenvalue weighted by Crippen LogP contribution is 2.55. The summed E-state index contributed by atoms with van der Waals surface area (Å²) in [7, 11) is 8.47. The molecule has 0 radical (unpaired) electrons. The van der Waals surface area contributed by atoms with E-state index in [1.54, 1.807) is 0 Å². The van der Waals surface area contributed by atoms with Crippen molar-refractivity contribution < 1.29 is 0 Å². The number of allylic oxidation sites excluding steroid dienone is 6. The summed E-state index contributed by atoms with van der Waals surface area (Å²) in [4.78, 5) is 4.39. The van der Waals surface area contributed by atoms with Gasteiger partial charge in [-0.1, -0.05) is 68.5 Å². The van der Waals surface area contributed by atoms with Gasteiger partial charge in [-0.05, 0) is 41.4 Å². The third-order valence-electron chi connectivity index (χ3n) is 6.26. The summed E-state index contributed by atoms with van der Waals surface area (Å²) in [5.74, 6) is 0.415. The predicted octanol–water partition coefficient (Wildman–Crippen LogP) is 5.59. The van der Waals surface area contributed by atoms with Crippen LogP contribution in [0.5, 0.6) is 0 Å². The largest absolute Gasteiger partial charge is 0.378 e. The summed E-state index contributed by atoms with van der Waals surface area (Å²) < 4.78 is 0. The molecule has 3 rings (SSSR count). The van der Waals surface area contributed by atoms with Crippen molar-refractivity contribution in [2.75, 3.05) is 28.2 Å². The highest BCUT2D eigenvalue weighted by atomic mass is 15.1. The molecule has 2 heteroatoms. The van der Waals surface area contributed by atoms with E-state index in [1.807, 2.05) is 0 Å². The van der Waals surface area contributed by atoms with Gasteiger partial charge in [0.2, 0.25) is 0 Å². The minimum Gasteiger partial charge on any atom is -0.378 e. The Hall–Kier alpha value is -2.22. The summed E-state index contributed by atoms with van der Waals surface area (Å²) >= 11 is 0. The summed E-state index contributed by atoms with van der Waals surface area (Å²) in [6.45, 7) is 4.85. The zero-order valence-corrected chi connectivity index (χ0v) is 17.7. The summed E-state index contributed by atoms with van der Waals surface area (Å²) in [5, 5.41) is 0. The highest BCUT2D eigenvalue weighted by Gasteiger charge is 2.44. The van der Waals surface area contributed by atoms with E-state index in [2.05, 4.69) is 119 Å². The summed E-state index contributed by atoms with van der Waals surface area (Å²) in [5.41, 5.74) is 4.21. The Balaban J connectivity index is 2.00. The van der Waals surface area contributed by atoms with Crippen molar-refractivity contribution in [2.45, 2.75) is 32.6 Å². The average molecular weight is 363 g/mol. The Morgan fingerprint density at radius 1 is 0.741 bits per heavy atom. The predicted molar refractivity (Wildman–Crippen MR) is 116 cm³/mol. The lowest BCUT2D eigenvalue weighted by molar-refractivity contribution is 0.192. The molecule has 1 aromatic rings. The maximum Gasteiger partial charge on any atom is 0.0317 e. The van der Waals surface area contributed by atoms with Gasteiger partial charge in [0.25, 0.3) is 0 Å². The van der Waals surface area contributed by atoms with E-state index in [4.69, 9.17) is 0 Å². The van der Waals surface area contributed by atoms with E-state index < -0.39 is 0 Å². The minimum absolute atomic E-state index is 0.0867. The van der Waals surface area contributed by atoms with E-state index in [0.717, 1.165) is 12.8 Å². The van der Waals surface area contributed by atoms with Crippen LogP contribution in [0.1, 0.15) is 38.2 Å². The molecular formula is C25H34N2. The molecule has 0 heterocycles. The Morgan fingerprint density at radius 3 is 1.52 bits per heavy atom. The van der Waals surface area contributed by atoms with E-state index >= 15 is 0 Å². The zero-order valence-electron chi connectivity index (χ0n) is 17.7. The van der Waals surface area contributed by atoms with Crippen LogP contribution in [0.4, 0.5) is 0 Å². The standard InChI is InChI=1S/C25H34N2/c1-24(16-12-21(13-17-24)26(3)4)23(20-10-8-7-9-11-20)25(2)18-14-22(15-19-25)27(5)6/h7-16,18,23H,17,19H2,1-6H3. The van der Waals surface area contributed by atoms with Crippen LogP contribution in [-0.4, -0.2) is 38.0 Å². The quantitative estimate of drug-likeness (QED) is 0.673. The molecule has 0 saturated carbocycles. The van der Waals surface area contributed by atoms with Crippen molar-refractivity contribution in [3.8, 4) is 0 Å². The van der Waals surface area contributed by atoms with Crippen molar-refractivity contribution in [1.29, 1.82) is 0 Å². The minimum atomic E-state index is 0.0867. The molecule has 144 valence electrons. The lowest BCUT2D eigenvalue weighted by Crippen LogP contribution is -2.37. The SMILES string of the molecule is CN(C)C1=CCC(C)(C(c2ccccc2)C2(C)C=CC(N(C)C)=CC2)C=C1. The van der Waals surface area contributed by atoms with Crippen molar-refractivity contribution in [2.24, 2.45) is 10.8 Å². The Morgan fingerprint density at radius 2 is 1.19 bits per heavy atom. The monoisotopic (exact) mass is 362 g/mol. The molecule has 2 aliphatic carbocycles. The van der Waals surface area contributed by atoms with Gasteiger partial charge in [0.05, 0.1) is 0 Å². The number of nitrogens with zero attached hydrogens (tertiary/aromatic N) is 2. The van der Waals surface area contributed by atoms with Crippen LogP contribution in [0, 0.1) is 10.8 Å². The molecule has 2 nitrogen and oxygen atoms in total. The summed E-state index contributed by atoms with van der Waals surface area (Å²) in [6.07, 6.45) is 16.4. The fourth-order valence-electron chi connectivity index (χ4n) is 4.72. The van der Waals surface area contributed by atoms with Gasteiger partial charge in [-0.15, -0.1) is 0 Å². The van der Waals surface area contributed by atoms with E-state index in [9.17, 15) is 0 Å². The molecule has 2 atom stereocenters. The topological polar surface area (TPSA) is 6.48 Å². The molecule has 2 aliphatic rings. The first kappa shape index (κ1) is 19.5. The van der Waals surface area contributed by atoms with Crippen LogP contribution < -0.4 is 0 Å². The second kappa shape index (κ2) is 7.42. The number of hydrogen-bond acceptors (Lipinski definition) is 2. The van der Waals surface area contributed by atoms with Crippen LogP contribution in [0.3, 0.4) is 0 Å². The van der Waals surface area contributed by atoms with Gasteiger partial charge in [-0.2, -0.15) is 0 Å². The molecular weight excluding hydrogens is 328 g/mol. The van der Waals surface area contributed by atoms with Crippen LogP contribution in [-0.2, 0) is 0 Å². The van der Waals surface area contributed by atoms with Crippen LogP contribution >= 0.6 is 0 Å². The lowest BCUT2D eigenvalue weighted by Gasteiger charge is -2.48. The maximum absolute atomic E-state index is 2.45. The van der Waals surface area contributed by atoms with Crippen molar-refractivity contribution in [1.82, 2.24) is 9.80 Å². The molecule has 2 unspecified atom stereocenters. The van der Waals surface area contributed by atoms with E-state index in [1.165, 1.54) is 17.0 Å². The second-order valence-electron chi connectivity index (χ2n) is 8.98. The maximum atomic E-state index is 2.45. The molecule has 0 aliphatic heterocycles. The third-order valence-corrected chi connectivity index (χ3v) is 6.26. The first-order valence-corrected chi connectivity index (χ1v) is 9.94. The smallest absolute Gasteiger partial charge is 0.0317 e. The number of benzene rings is 1. The van der Waals surface area contributed by atoms with Gasteiger partial charge < -0.3 is 9.80 Å². The van der Waals surface area contributed by atoms with Gasteiger partial charge in [0, 0.05) is 45.5 Å². The normalized spacial score (nSPS) is 28.4. The summed E-state index contributed by atoms with van der Waals surface area (Å²) in [6, 6.07) is 11.1. The molecule has 0 spiro atoms. The Bertz CT molecular complexity index is 734. The van der Waals surface area contributed by atoms with Crippen molar-refractivity contribution in [3.05, 3.63) is 83.7 Å². The van der Waals surface area contributed by atoms with Gasteiger partial charge >= 0.3 is 0 Å². The Kier molecular flexibility index (Phi) is 5.37. The Labute approximate surface area is 165 Å². The first-order valence-electron chi connectivity index (χ1n) is 9.94. The molecule has 27 heavy (non-hydrogen) atoms. The van der Waals surface area contributed by atoms with E-state index in [-0.39, 0.29) is 10.8 Å². The molecule has 0 saturated heterocycles. The van der Waals surface area contributed by atoms with E-state index in [0.29, 0.717) is 5.92 Å².